The van der Waals surface area contributed by atoms with Crippen molar-refractivity contribution in [2.75, 3.05) is 20.1 Å². The second-order valence-electron chi connectivity index (χ2n) is 6.98. The molecule has 0 aromatic carbocycles. The molecule has 5 nitrogen and oxygen atoms in total. The van der Waals surface area contributed by atoms with Gasteiger partial charge < -0.3 is 15.3 Å². The zero-order valence-electron chi connectivity index (χ0n) is 13.1. The Morgan fingerprint density at radius 1 is 1.19 bits per heavy atom. The summed E-state index contributed by atoms with van der Waals surface area (Å²) >= 11 is 0. The molecule has 2 rings (SSSR count). The number of rotatable bonds is 5. The van der Waals surface area contributed by atoms with E-state index in [4.69, 9.17) is 5.11 Å². The number of carboxylic acids is 1. The molecule has 21 heavy (non-hydrogen) atoms. The predicted octanol–water partition coefficient (Wildman–Crippen LogP) is 2.01. The third-order valence-corrected chi connectivity index (χ3v) is 4.97. The molecule has 2 fully saturated rings. The summed E-state index contributed by atoms with van der Waals surface area (Å²) in [5, 5.41) is 12.3. The Morgan fingerprint density at radius 2 is 1.90 bits per heavy atom. The summed E-state index contributed by atoms with van der Waals surface area (Å²) in [5.41, 5.74) is -0.311. The number of aliphatic carboxylic acids is 1. The fourth-order valence-corrected chi connectivity index (χ4v) is 3.94. The van der Waals surface area contributed by atoms with E-state index in [0.717, 1.165) is 58.0 Å². The van der Waals surface area contributed by atoms with Gasteiger partial charge in [0.25, 0.3) is 0 Å². The SMILES string of the molecule is CN1CCCC(NC(=O)CC2(CC(=O)O)CCCCC2)C1. The Morgan fingerprint density at radius 3 is 2.52 bits per heavy atom. The van der Waals surface area contributed by atoms with Crippen LogP contribution in [-0.2, 0) is 9.59 Å². The van der Waals surface area contributed by atoms with Crippen LogP contribution in [0.5, 0.6) is 0 Å². The van der Waals surface area contributed by atoms with E-state index in [2.05, 4.69) is 17.3 Å². The van der Waals surface area contributed by atoms with Crippen LogP contribution in [0, 0.1) is 5.41 Å². The molecule has 2 N–H and O–H groups in total. The van der Waals surface area contributed by atoms with E-state index >= 15 is 0 Å². The molecule has 1 saturated carbocycles. The lowest BCUT2D eigenvalue weighted by Gasteiger charge is -2.36. The van der Waals surface area contributed by atoms with Gasteiger partial charge in [0.05, 0.1) is 6.42 Å². The third-order valence-electron chi connectivity index (χ3n) is 4.97. The average molecular weight is 296 g/mol. The molecule has 0 aromatic heterocycles. The number of likely N-dealkylation sites (N-methyl/N-ethyl adjacent to an activating group) is 1. The van der Waals surface area contributed by atoms with Crippen molar-refractivity contribution in [2.45, 2.75) is 63.8 Å². The second kappa shape index (κ2) is 7.25. The number of amides is 1. The minimum Gasteiger partial charge on any atom is -0.481 e. The molecule has 1 amide bonds. The highest BCUT2D eigenvalue weighted by Crippen LogP contribution is 2.42. The maximum atomic E-state index is 12.4. The number of hydrogen-bond acceptors (Lipinski definition) is 3. The minimum absolute atomic E-state index is 0.0402. The summed E-state index contributed by atoms with van der Waals surface area (Å²) in [7, 11) is 2.07. The highest BCUT2D eigenvalue weighted by atomic mass is 16.4. The molecule has 1 aliphatic carbocycles. The lowest BCUT2D eigenvalue weighted by Crippen LogP contribution is -2.47. The van der Waals surface area contributed by atoms with Gasteiger partial charge in [0.1, 0.15) is 0 Å². The first-order chi connectivity index (χ1) is 9.99. The first-order valence-electron chi connectivity index (χ1n) is 8.19. The molecule has 0 radical (unpaired) electrons. The van der Waals surface area contributed by atoms with E-state index in [1.807, 2.05) is 0 Å². The van der Waals surface area contributed by atoms with Gasteiger partial charge in [-0.2, -0.15) is 0 Å². The van der Waals surface area contributed by atoms with Crippen LogP contribution in [0.15, 0.2) is 0 Å². The van der Waals surface area contributed by atoms with E-state index in [-0.39, 0.29) is 23.8 Å². The monoisotopic (exact) mass is 296 g/mol. The second-order valence-corrected chi connectivity index (χ2v) is 6.98. The van der Waals surface area contributed by atoms with Gasteiger partial charge in [0.2, 0.25) is 5.91 Å². The van der Waals surface area contributed by atoms with Crippen LogP contribution in [0.1, 0.15) is 57.8 Å². The van der Waals surface area contributed by atoms with E-state index in [1.54, 1.807) is 0 Å². The number of carbonyl (C=O) groups excluding carboxylic acids is 1. The van der Waals surface area contributed by atoms with Gasteiger partial charge in [-0.3, -0.25) is 9.59 Å². The fraction of sp³-hybridized carbons (Fsp3) is 0.875. The Hall–Kier alpha value is -1.10. The van der Waals surface area contributed by atoms with E-state index in [1.165, 1.54) is 0 Å². The molecule has 1 atom stereocenters. The minimum atomic E-state index is -0.776. The molecule has 1 unspecified atom stereocenters. The molecule has 5 heteroatoms. The maximum absolute atomic E-state index is 12.4. The van der Waals surface area contributed by atoms with Crippen molar-refractivity contribution < 1.29 is 14.7 Å². The Kier molecular flexibility index (Phi) is 5.62. The van der Waals surface area contributed by atoms with Crippen molar-refractivity contribution in [1.82, 2.24) is 10.2 Å². The Balaban J connectivity index is 1.89. The average Bonchev–Trinajstić information content (AvgIpc) is 2.38. The molecule has 0 aromatic rings. The fourth-order valence-electron chi connectivity index (χ4n) is 3.94. The van der Waals surface area contributed by atoms with Crippen molar-refractivity contribution in [3.8, 4) is 0 Å². The highest BCUT2D eigenvalue weighted by molar-refractivity contribution is 5.78. The summed E-state index contributed by atoms with van der Waals surface area (Å²) in [6, 6.07) is 0.224. The first kappa shape index (κ1) is 16.3. The Bertz CT molecular complexity index is 378. The van der Waals surface area contributed by atoms with Crippen molar-refractivity contribution >= 4 is 11.9 Å². The number of piperidine rings is 1. The maximum Gasteiger partial charge on any atom is 0.303 e. The van der Waals surface area contributed by atoms with Crippen molar-refractivity contribution in [1.29, 1.82) is 0 Å². The van der Waals surface area contributed by atoms with Gasteiger partial charge in [0.15, 0.2) is 0 Å². The topological polar surface area (TPSA) is 69.6 Å². The summed E-state index contributed by atoms with van der Waals surface area (Å²) in [5.74, 6) is -0.736. The molecule has 0 bridgehead atoms. The largest absolute Gasteiger partial charge is 0.481 e. The highest BCUT2D eigenvalue weighted by Gasteiger charge is 2.36. The third kappa shape index (κ3) is 4.99. The van der Waals surface area contributed by atoms with Gasteiger partial charge in [-0.25, -0.2) is 0 Å². The molecular weight excluding hydrogens is 268 g/mol. The molecule has 120 valence electrons. The summed E-state index contributed by atoms with van der Waals surface area (Å²) in [6.45, 7) is 1.99. The smallest absolute Gasteiger partial charge is 0.303 e. The van der Waals surface area contributed by atoms with Gasteiger partial charge in [0, 0.05) is 19.0 Å². The van der Waals surface area contributed by atoms with Crippen molar-refractivity contribution in [3.63, 3.8) is 0 Å². The quantitative estimate of drug-likeness (QED) is 0.814. The van der Waals surface area contributed by atoms with E-state index in [9.17, 15) is 9.59 Å². The number of nitrogens with one attached hydrogen (secondary N) is 1. The van der Waals surface area contributed by atoms with Crippen LogP contribution in [0.4, 0.5) is 0 Å². The van der Waals surface area contributed by atoms with Gasteiger partial charge in [-0.05, 0) is 44.7 Å². The standard InChI is InChI=1S/C16H28N2O3/c1-18-9-5-6-13(12-18)17-14(19)10-16(11-15(20)21)7-3-2-4-8-16/h13H,2-12H2,1H3,(H,17,19)(H,20,21). The number of likely N-dealkylation sites (tertiary alicyclic amines) is 1. The number of hydrogen-bond donors (Lipinski definition) is 2. The zero-order valence-corrected chi connectivity index (χ0v) is 13.1. The van der Waals surface area contributed by atoms with Crippen LogP contribution in [0.3, 0.4) is 0 Å². The molecular formula is C16H28N2O3. The summed E-state index contributed by atoms with van der Waals surface area (Å²) < 4.78 is 0. The number of carbonyl (C=O) groups is 2. The Labute approximate surface area is 127 Å². The van der Waals surface area contributed by atoms with Crippen LogP contribution in [0.25, 0.3) is 0 Å². The molecule has 1 saturated heterocycles. The van der Waals surface area contributed by atoms with Crippen LogP contribution in [-0.4, -0.2) is 48.1 Å². The molecule has 0 spiro atoms. The summed E-state index contributed by atoms with van der Waals surface area (Å²) in [4.78, 5) is 25.7. The first-order valence-corrected chi connectivity index (χ1v) is 8.19. The van der Waals surface area contributed by atoms with Crippen LogP contribution >= 0.6 is 0 Å². The number of carboxylic acid groups (broad SMARTS) is 1. The normalized spacial score (nSPS) is 26.2. The zero-order chi connectivity index (χ0) is 15.3. The van der Waals surface area contributed by atoms with Gasteiger partial charge in [-0.15, -0.1) is 0 Å². The van der Waals surface area contributed by atoms with E-state index < -0.39 is 5.97 Å². The van der Waals surface area contributed by atoms with Crippen LogP contribution < -0.4 is 5.32 Å². The van der Waals surface area contributed by atoms with Gasteiger partial charge in [-0.1, -0.05) is 19.3 Å². The predicted molar refractivity (Wildman–Crippen MR) is 81.0 cm³/mol. The van der Waals surface area contributed by atoms with Crippen molar-refractivity contribution in [2.24, 2.45) is 5.41 Å². The lowest BCUT2D eigenvalue weighted by molar-refractivity contribution is -0.141. The van der Waals surface area contributed by atoms with Crippen molar-refractivity contribution in [3.05, 3.63) is 0 Å². The number of nitrogens with zero attached hydrogens (tertiary/aromatic N) is 1. The van der Waals surface area contributed by atoms with E-state index in [0.29, 0.717) is 6.42 Å². The summed E-state index contributed by atoms with van der Waals surface area (Å²) in [6.07, 6.45) is 7.65. The molecule has 1 aliphatic heterocycles. The lowest BCUT2D eigenvalue weighted by atomic mass is 9.69. The van der Waals surface area contributed by atoms with Gasteiger partial charge >= 0.3 is 5.97 Å². The molecule has 2 aliphatic rings. The van der Waals surface area contributed by atoms with Crippen LogP contribution in [0.2, 0.25) is 0 Å². The molecule has 1 heterocycles.